The van der Waals surface area contributed by atoms with Gasteiger partial charge in [0.25, 0.3) is 0 Å². The Morgan fingerprint density at radius 3 is 2.86 bits per heavy atom. The van der Waals surface area contributed by atoms with Crippen LogP contribution >= 0.6 is 24.0 Å². The predicted octanol–water partition coefficient (Wildman–Crippen LogP) is 2.01. The molecule has 28 heavy (non-hydrogen) atoms. The molecule has 3 N–H and O–H groups in total. The van der Waals surface area contributed by atoms with Gasteiger partial charge in [0.2, 0.25) is 0 Å². The Labute approximate surface area is 185 Å². The number of hydrogen-bond donors (Lipinski definition) is 3. The molecule has 2 unspecified atom stereocenters. The number of likely N-dealkylation sites (N-methyl/N-ethyl adjacent to an activating group) is 1. The SMILES string of the molecule is CCNC(=NCC(O)c1cccc(OC(C)C)c1)NCC1CN(C)CCO1.I. The molecule has 0 aromatic heterocycles. The Morgan fingerprint density at radius 1 is 1.39 bits per heavy atom. The number of nitrogens with zero attached hydrogens (tertiary/aromatic N) is 2. The van der Waals surface area contributed by atoms with Gasteiger partial charge in [-0.05, 0) is 45.5 Å². The van der Waals surface area contributed by atoms with Crippen LogP contribution in [0.15, 0.2) is 29.3 Å². The van der Waals surface area contributed by atoms with E-state index in [2.05, 4.69) is 27.6 Å². The highest BCUT2D eigenvalue weighted by Gasteiger charge is 2.18. The van der Waals surface area contributed by atoms with Crippen molar-refractivity contribution in [1.29, 1.82) is 0 Å². The van der Waals surface area contributed by atoms with E-state index in [-0.39, 0.29) is 42.7 Å². The summed E-state index contributed by atoms with van der Waals surface area (Å²) in [5.74, 6) is 1.44. The van der Waals surface area contributed by atoms with E-state index in [9.17, 15) is 5.11 Å². The van der Waals surface area contributed by atoms with Crippen LogP contribution in [0.1, 0.15) is 32.4 Å². The molecule has 1 aliphatic rings. The number of aliphatic imine (C=N–C) groups is 1. The normalized spacial score (nSPS) is 19.1. The minimum atomic E-state index is -0.687. The van der Waals surface area contributed by atoms with Crippen molar-refractivity contribution in [2.75, 3.05) is 46.4 Å². The lowest BCUT2D eigenvalue weighted by atomic mass is 10.1. The number of aliphatic hydroxyl groups excluding tert-OH is 1. The molecule has 1 fully saturated rings. The molecule has 0 bridgehead atoms. The highest BCUT2D eigenvalue weighted by molar-refractivity contribution is 14.0. The van der Waals surface area contributed by atoms with Gasteiger partial charge in [0.15, 0.2) is 5.96 Å². The third-order valence-corrected chi connectivity index (χ3v) is 4.22. The summed E-state index contributed by atoms with van der Waals surface area (Å²) in [4.78, 5) is 6.78. The van der Waals surface area contributed by atoms with Crippen molar-refractivity contribution in [1.82, 2.24) is 15.5 Å². The number of aliphatic hydroxyl groups is 1. The first kappa shape index (κ1) is 24.9. The molecule has 1 saturated heterocycles. The second kappa shape index (κ2) is 13.2. The molecule has 7 nitrogen and oxygen atoms in total. The monoisotopic (exact) mass is 506 g/mol. The fourth-order valence-electron chi connectivity index (χ4n) is 2.89. The molecule has 1 heterocycles. The molecule has 0 saturated carbocycles. The van der Waals surface area contributed by atoms with Gasteiger partial charge in [-0.1, -0.05) is 12.1 Å². The zero-order chi connectivity index (χ0) is 19.6. The Kier molecular flexibility index (Phi) is 11.7. The lowest BCUT2D eigenvalue weighted by Gasteiger charge is -2.30. The molecule has 2 rings (SSSR count). The van der Waals surface area contributed by atoms with E-state index in [0.717, 1.165) is 37.6 Å². The van der Waals surface area contributed by atoms with Gasteiger partial charge in [-0.15, -0.1) is 24.0 Å². The number of guanidine groups is 1. The first-order chi connectivity index (χ1) is 13.0. The van der Waals surface area contributed by atoms with Crippen molar-refractivity contribution in [2.45, 2.75) is 39.1 Å². The minimum absolute atomic E-state index is 0. The number of rotatable bonds is 8. The fourth-order valence-corrected chi connectivity index (χ4v) is 2.89. The first-order valence-corrected chi connectivity index (χ1v) is 9.75. The maximum Gasteiger partial charge on any atom is 0.191 e. The van der Waals surface area contributed by atoms with E-state index in [1.54, 1.807) is 0 Å². The third kappa shape index (κ3) is 8.93. The number of benzene rings is 1. The maximum atomic E-state index is 10.5. The van der Waals surface area contributed by atoms with Gasteiger partial charge < -0.3 is 30.1 Å². The highest BCUT2D eigenvalue weighted by Crippen LogP contribution is 2.20. The van der Waals surface area contributed by atoms with Crippen LogP contribution in [0.5, 0.6) is 5.75 Å². The topological polar surface area (TPSA) is 78.4 Å². The highest BCUT2D eigenvalue weighted by atomic mass is 127. The summed E-state index contributed by atoms with van der Waals surface area (Å²) >= 11 is 0. The van der Waals surface area contributed by atoms with Crippen molar-refractivity contribution in [3.05, 3.63) is 29.8 Å². The third-order valence-electron chi connectivity index (χ3n) is 4.22. The van der Waals surface area contributed by atoms with E-state index in [4.69, 9.17) is 9.47 Å². The fraction of sp³-hybridized carbons (Fsp3) is 0.650. The quantitative estimate of drug-likeness (QED) is 0.285. The van der Waals surface area contributed by atoms with Crippen LogP contribution in [-0.2, 0) is 4.74 Å². The number of hydrogen-bond acceptors (Lipinski definition) is 5. The number of ether oxygens (including phenoxy) is 2. The van der Waals surface area contributed by atoms with Crippen molar-refractivity contribution < 1.29 is 14.6 Å². The van der Waals surface area contributed by atoms with E-state index >= 15 is 0 Å². The predicted molar refractivity (Wildman–Crippen MR) is 124 cm³/mol. The lowest BCUT2D eigenvalue weighted by Crippen LogP contribution is -2.48. The van der Waals surface area contributed by atoms with Gasteiger partial charge in [0.1, 0.15) is 5.75 Å². The van der Waals surface area contributed by atoms with E-state index in [0.29, 0.717) is 12.5 Å². The zero-order valence-corrected chi connectivity index (χ0v) is 19.7. The molecule has 0 spiro atoms. The van der Waals surface area contributed by atoms with Crippen molar-refractivity contribution >= 4 is 29.9 Å². The minimum Gasteiger partial charge on any atom is -0.491 e. The van der Waals surface area contributed by atoms with Gasteiger partial charge in [-0.3, -0.25) is 4.99 Å². The molecule has 0 amide bonds. The molecule has 1 aliphatic heterocycles. The zero-order valence-electron chi connectivity index (χ0n) is 17.4. The summed E-state index contributed by atoms with van der Waals surface area (Å²) < 4.78 is 11.5. The number of morpholine rings is 1. The van der Waals surface area contributed by atoms with Crippen molar-refractivity contribution in [3.8, 4) is 5.75 Å². The van der Waals surface area contributed by atoms with Crippen LogP contribution < -0.4 is 15.4 Å². The molecule has 8 heteroatoms. The van der Waals surface area contributed by atoms with E-state index in [1.807, 2.05) is 45.0 Å². The summed E-state index contributed by atoms with van der Waals surface area (Å²) in [5.41, 5.74) is 0.796. The van der Waals surface area contributed by atoms with Crippen LogP contribution in [0.4, 0.5) is 0 Å². The van der Waals surface area contributed by atoms with Gasteiger partial charge in [-0.25, -0.2) is 0 Å². The second-order valence-corrected chi connectivity index (χ2v) is 7.11. The van der Waals surface area contributed by atoms with Crippen LogP contribution in [0.3, 0.4) is 0 Å². The Morgan fingerprint density at radius 2 is 2.18 bits per heavy atom. The molecule has 0 radical (unpaired) electrons. The summed E-state index contributed by atoms with van der Waals surface area (Å²) in [6, 6.07) is 7.54. The van der Waals surface area contributed by atoms with Crippen LogP contribution in [0.25, 0.3) is 0 Å². The summed E-state index contributed by atoms with van der Waals surface area (Å²) in [7, 11) is 2.10. The lowest BCUT2D eigenvalue weighted by molar-refractivity contribution is -0.0161. The standard InChI is InChI=1S/C20H34N4O3.HI/c1-5-21-20(22-12-18-14-24(4)9-10-26-18)23-13-19(25)16-7-6-8-17(11-16)27-15(2)3;/h6-8,11,15,18-19,25H,5,9-10,12-14H2,1-4H3,(H2,21,22,23);1H. The number of nitrogens with one attached hydrogen (secondary N) is 2. The Bertz CT molecular complexity index is 601. The second-order valence-electron chi connectivity index (χ2n) is 7.11. The Balaban J connectivity index is 0.00000392. The average Bonchev–Trinajstić information content (AvgIpc) is 2.63. The van der Waals surface area contributed by atoms with E-state index < -0.39 is 6.10 Å². The maximum absolute atomic E-state index is 10.5. The average molecular weight is 506 g/mol. The van der Waals surface area contributed by atoms with Crippen molar-refractivity contribution in [3.63, 3.8) is 0 Å². The molecule has 1 aromatic rings. The molecular weight excluding hydrogens is 471 g/mol. The molecule has 1 aromatic carbocycles. The first-order valence-electron chi connectivity index (χ1n) is 9.75. The largest absolute Gasteiger partial charge is 0.491 e. The summed E-state index contributed by atoms with van der Waals surface area (Å²) in [6.07, 6.45) is -0.448. The van der Waals surface area contributed by atoms with Crippen molar-refractivity contribution in [2.24, 2.45) is 4.99 Å². The van der Waals surface area contributed by atoms with Crippen LogP contribution in [0, 0.1) is 0 Å². The summed E-state index contributed by atoms with van der Waals surface area (Å²) in [6.45, 7) is 10.3. The number of halogens is 1. The van der Waals surface area contributed by atoms with Gasteiger partial charge in [0.05, 0.1) is 31.5 Å². The Hall–Kier alpha value is -1.10. The summed E-state index contributed by atoms with van der Waals surface area (Å²) in [5, 5.41) is 17.0. The van der Waals surface area contributed by atoms with Gasteiger partial charge >= 0.3 is 0 Å². The molecule has 160 valence electrons. The smallest absolute Gasteiger partial charge is 0.191 e. The van der Waals surface area contributed by atoms with Crippen LogP contribution in [0.2, 0.25) is 0 Å². The molecule has 2 atom stereocenters. The van der Waals surface area contributed by atoms with Gasteiger partial charge in [-0.2, -0.15) is 0 Å². The molecular formula is C20H35IN4O3. The van der Waals surface area contributed by atoms with Gasteiger partial charge in [0, 0.05) is 26.2 Å². The van der Waals surface area contributed by atoms with E-state index in [1.165, 1.54) is 0 Å². The van der Waals surface area contributed by atoms with Crippen LogP contribution in [-0.4, -0.2) is 74.6 Å². The molecule has 0 aliphatic carbocycles.